The summed E-state index contributed by atoms with van der Waals surface area (Å²) in [6.07, 6.45) is 0.250. The number of anilines is 1. The maximum atomic E-state index is 11.5. The molecule has 98 valence electrons. The molecule has 0 spiro atoms. The van der Waals surface area contributed by atoms with Gasteiger partial charge < -0.3 is 21.6 Å². The van der Waals surface area contributed by atoms with Crippen molar-refractivity contribution in [1.82, 2.24) is 5.32 Å². The Labute approximate surface area is 114 Å². The molecule has 0 aliphatic heterocycles. The minimum Gasteiger partial charge on any atom is -0.409 e. The van der Waals surface area contributed by atoms with Gasteiger partial charge >= 0.3 is 6.03 Å². The molecule has 6 nitrogen and oxygen atoms in total. The van der Waals surface area contributed by atoms with Crippen molar-refractivity contribution in [2.24, 2.45) is 10.9 Å². The van der Waals surface area contributed by atoms with Gasteiger partial charge in [0.2, 0.25) is 0 Å². The van der Waals surface area contributed by atoms with Crippen LogP contribution in [0.5, 0.6) is 0 Å². The van der Waals surface area contributed by atoms with Crippen molar-refractivity contribution in [3.05, 3.63) is 28.2 Å². The van der Waals surface area contributed by atoms with Gasteiger partial charge in [0.25, 0.3) is 0 Å². The standard InChI is InChI=1S/C10H12Cl2N4O2/c11-6-3-7(12)5-8(4-6)15-10(17)14-2-1-9(13)16-18/h3-5,18H,1-2H2,(H2,13,16)(H2,14,15,17). The zero-order valence-electron chi connectivity index (χ0n) is 9.28. The molecule has 0 atom stereocenters. The van der Waals surface area contributed by atoms with E-state index in [1.165, 1.54) is 0 Å². The second kappa shape index (κ2) is 6.93. The van der Waals surface area contributed by atoms with E-state index in [0.717, 1.165) is 0 Å². The average molecular weight is 291 g/mol. The number of nitrogens with zero attached hydrogens (tertiary/aromatic N) is 1. The second-order valence-electron chi connectivity index (χ2n) is 3.38. The summed E-state index contributed by atoms with van der Waals surface area (Å²) in [7, 11) is 0. The number of nitrogens with one attached hydrogen (secondary N) is 2. The molecule has 0 aromatic heterocycles. The third-order valence-corrected chi connectivity index (χ3v) is 2.35. The minimum atomic E-state index is -0.431. The van der Waals surface area contributed by atoms with Crippen LogP contribution < -0.4 is 16.4 Å². The van der Waals surface area contributed by atoms with Crippen LogP contribution in [0, 0.1) is 0 Å². The summed E-state index contributed by atoms with van der Waals surface area (Å²) < 4.78 is 0. The van der Waals surface area contributed by atoms with E-state index < -0.39 is 6.03 Å². The molecule has 2 amide bonds. The monoisotopic (exact) mass is 290 g/mol. The third-order valence-electron chi connectivity index (χ3n) is 1.92. The summed E-state index contributed by atoms with van der Waals surface area (Å²) in [6, 6.07) is 4.26. The van der Waals surface area contributed by atoms with Gasteiger partial charge in [0.05, 0.1) is 0 Å². The molecule has 0 heterocycles. The van der Waals surface area contributed by atoms with Crippen molar-refractivity contribution < 1.29 is 10.0 Å². The number of rotatable bonds is 4. The van der Waals surface area contributed by atoms with Crippen LogP contribution in [0.25, 0.3) is 0 Å². The molecular weight excluding hydrogens is 279 g/mol. The number of nitrogens with two attached hydrogens (primary N) is 1. The quantitative estimate of drug-likeness (QED) is 0.296. The highest BCUT2D eigenvalue weighted by Gasteiger charge is 2.03. The smallest absolute Gasteiger partial charge is 0.319 e. The highest BCUT2D eigenvalue weighted by atomic mass is 35.5. The first-order valence-electron chi connectivity index (χ1n) is 4.98. The van der Waals surface area contributed by atoms with Crippen LogP contribution in [-0.4, -0.2) is 23.6 Å². The summed E-state index contributed by atoms with van der Waals surface area (Å²) in [4.78, 5) is 11.5. The zero-order chi connectivity index (χ0) is 13.5. The SMILES string of the molecule is N/C(CCNC(=O)Nc1cc(Cl)cc(Cl)c1)=N/O. The lowest BCUT2D eigenvalue weighted by Crippen LogP contribution is -2.31. The molecule has 5 N–H and O–H groups in total. The number of urea groups is 1. The number of amides is 2. The molecule has 0 fully saturated rings. The summed E-state index contributed by atoms with van der Waals surface area (Å²) >= 11 is 11.6. The first-order chi connectivity index (χ1) is 8.51. The van der Waals surface area contributed by atoms with Gasteiger partial charge in [0.15, 0.2) is 0 Å². The van der Waals surface area contributed by atoms with Gasteiger partial charge in [-0.05, 0) is 18.2 Å². The summed E-state index contributed by atoms with van der Waals surface area (Å²) in [6.45, 7) is 0.246. The number of oxime groups is 1. The van der Waals surface area contributed by atoms with Crippen LogP contribution in [0.3, 0.4) is 0 Å². The second-order valence-corrected chi connectivity index (χ2v) is 4.25. The molecule has 8 heteroatoms. The lowest BCUT2D eigenvalue weighted by molar-refractivity contribution is 0.252. The molecule has 1 rings (SSSR count). The molecule has 0 aliphatic carbocycles. The molecule has 0 saturated carbocycles. The normalized spacial score (nSPS) is 11.1. The van der Waals surface area contributed by atoms with Crippen LogP contribution in [0.4, 0.5) is 10.5 Å². The highest BCUT2D eigenvalue weighted by Crippen LogP contribution is 2.22. The number of carbonyl (C=O) groups is 1. The number of amidine groups is 1. The molecule has 0 radical (unpaired) electrons. The lowest BCUT2D eigenvalue weighted by atomic mass is 10.3. The molecule has 1 aromatic rings. The van der Waals surface area contributed by atoms with E-state index in [1.807, 2.05) is 0 Å². The predicted octanol–water partition coefficient (Wildman–Crippen LogP) is 2.25. The van der Waals surface area contributed by atoms with Crippen molar-refractivity contribution in [3.63, 3.8) is 0 Å². The van der Waals surface area contributed by atoms with Crippen LogP contribution in [0.15, 0.2) is 23.4 Å². The summed E-state index contributed by atoms with van der Waals surface area (Å²) in [5.74, 6) is 0.0427. The van der Waals surface area contributed by atoms with E-state index >= 15 is 0 Å². The van der Waals surface area contributed by atoms with E-state index in [2.05, 4.69) is 15.8 Å². The Morgan fingerprint density at radius 2 is 1.94 bits per heavy atom. The number of hydrogen-bond donors (Lipinski definition) is 4. The molecule has 0 saturated heterocycles. The van der Waals surface area contributed by atoms with E-state index in [-0.39, 0.29) is 18.8 Å². The van der Waals surface area contributed by atoms with Crippen LogP contribution >= 0.6 is 23.2 Å². The minimum absolute atomic E-state index is 0.0427. The number of hydrogen-bond acceptors (Lipinski definition) is 3. The molecule has 0 aliphatic rings. The fourth-order valence-electron chi connectivity index (χ4n) is 1.16. The Kier molecular flexibility index (Phi) is 5.54. The number of benzene rings is 1. The Bertz CT molecular complexity index is 445. The fourth-order valence-corrected chi connectivity index (χ4v) is 1.68. The van der Waals surface area contributed by atoms with Gasteiger partial charge in [-0.25, -0.2) is 4.79 Å². The first-order valence-corrected chi connectivity index (χ1v) is 5.74. The number of halogens is 2. The topological polar surface area (TPSA) is 99.7 Å². The fraction of sp³-hybridized carbons (Fsp3) is 0.200. The summed E-state index contributed by atoms with van der Waals surface area (Å²) in [5, 5.41) is 17.0. The average Bonchev–Trinajstić information content (AvgIpc) is 2.27. The predicted molar refractivity (Wildman–Crippen MR) is 71.5 cm³/mol. The molecular formula is C10H12Cl2N4O2. The number of carbonyl (C=O) groups excluding carboxylic acids is 1. The third kappa shape index (κ3) is 5.11. The first kappa shape index (κ1) is 14.4. The van der Waals surface area contributed by atoms with Gasteiger partial charge in [-0.1, -0.05) is 28.4 Å². The maximum Gasteiger partial charge on any atom is 0.319 e. The van der Waals surface area contributed by atoms with Crippen molar-refractivity contribution in [2.75, 3.05) is 11.9 Å². The molecule has 0 unspecified atom stereocenters. The maximum absolute atomic E-state index is 11.5. The zero-order valence-corrected chi connectivity index (χ0v) is 10.8. The van der Waals surface area contributed by atoms with Crippen LogP contribution in [-0.2, 0) is 0 Å². The van der Waals surface area contributed by atoms with Crippen molar-refractivity contribution in [2.45, 2.75) is 6.42 Å². The van der Waals surface area contributed by atoms with Gasteiger partial charge in [-0.15, -0.1) is 0 Å². The molecule has 0 bridgehead atoms. The Morgan fingerprint density at radius 3 is 2.50 bits per heavy atom. The Morgan fingerprint density at radius 1 is 1.33 bits per heavy atom. The van der Waals surface area contributed by atoms with E-state index in [9.17, 15) is 4.79 Å². The van der Waals surface area contributed by atoms with Gasteiger partial charge in [-0.2, -0.15) is 0 Å². The largest absolute Gasteiger partial charge is 0.409 e. The van der Waals surface area contributed by atoms with Gasteiger partial charge in [-0.3, -0.25) is 0 Å². The van der Waals surface area contributed by atoms with Crippen molar-refractivity contribution >= 4 is 40.8 Å². The van der Waals surface area contributed by atoms with E-state index in [1.54, 1.807) is 18.2 Å². The van der Waals surface area contributed by atoms with E-state index in [0.29, 0.717) is 15.7 Å². The van der Waals surface area contributed by atoms with Crippen molar-refractivity contribution in [1.29, 1.82) is 0 Å². The Hall–Kier alpha value is -1.66. The molecule has 18 heavy (non-hydrogen) atoms. The van der Waals surface area contributed by atoms with Crippen LogP contribution in [0.2, 0.25) is 10.0 Å². The van der Waals surface area contributed by atoms with Crippen molar-refractivity contribution in [3.8, 4) is 0 Å². The van der Waals surface area contributed by atoms with Crippen LogP contribution in [0.1, 0.15) is 6.42 Å². The molecule has 1 aromatic carbocycles. The highest BCUT2D eigenvalue weighted by molar-refractivity contribution is 6.35. The van der Waals surface area contributed by atoms with Gasteiger partial charge in [0, 0.05) is 28.7 Å². The lowest BCUT2D eigenvalue weighted by Gasteiger charge is -2.07. The van der Waals surface area contributed by atoms with Gasteiger partial charge in [0.1, 0.15) is 5.84 Å². The Balaban J connectivity index is 2.44. The van der Waals surface area contributed by atoms with E-state index in [4.69, 9.17) is 34.1 Å². The summed E-state index contributed by atoms with van der Waals surface area (Å²) in [5.41, 5.74) is 5.73.